The van der Waals surface area contributed by atoms with Gasteiger partial charge in [0.05, 0.1) is 5.75 Å². The Balaban J connectivity index is 0.00000361. The largest absolute Gasteiger partial charge is 0.341 e. The highest BCUT2D eigenvalue weighted by Crippen LogP contribution is 2.24. The normalized spacial score (nSPS) is 11.7. The molecule has 114 valence electrons. The molecule has 7 heteroatoms. The molecule has 2 N–H and O–H groups in total. The molecule has 0 spiro atoms. The monoisotopic (exact) mass is 356 g/mol. The van der Waals surface area contributed by atoms with Crippen molar-refractivity contribution in [3.05, 3.63) is 33.8 Å². The number of hydrogen-bond acceptors (Lipinski definition) is 3. The Morgan fingerprint density at radius 1 is 1.45 bits per heavy atom. The topological polar surface area (TPSA) is 46.3 Å². The van der Waals surface area contributed by atoms with Crippen LogP contribution in [0.2, 0.25) is 10.0 Å². The second-order valence-corrected chi connectivity index (χ2v) is 6.15. The highest BCUT2D eigenvalue weighted by molar-refractivity contribution is 7.99. The van der Waals surface area contributed by atoms with Gasteiger partial charge in [-0.3, -0.25) is 4.79 Å². The molecule has 0 aliphatic rings. The fraction of sp³-hybridized carbons (Fsp3) is 0.462. The van der Waals surface area contributed by atoms with Crippen molar-refractivity contribution >= 4 is 53.3 Å². The molecule has 1 aromatic carbocycles. The van der Waals surface area contributed by atoms with E-state index in [4.69, 9.17) is 28.9 Å². The average molecular weight is 358 g/mol. The molecule has 1 aromatic rings. The lowest BCUT2D eigenvalue weighted by Gasteiger charge is -2.23. The number of likely N-dealkylation sites (N-methyl/N-ethyl adjacent to an activating group) is 1. The Labute approximate surface area is 140 Å². The maximum atomic E-state index is 11.9. The van der Waals surface area contributed by atoms with Crippen molar-refractivity contribution < 1.29 is 4.79 Å². The van der Waals surface area contributed by atoms with Gasteiger partial charge in [-0.1, -0.05) is 29.3 Å². The van der Waals surface area contributed by atoms with E-state index in [0.717, 1.165) is 5.56 Å². The SMILES string of the molecule is CC(CN)N(C)C(=O)CSCc1ccc(Cl)cc1Cl.Cl. The van der Waals surface area contributed by atoms with E-state index in [1.807, 2.05) is 13.0 Å². The summed E-state index contributed by atoms with van der Waals surface area (Å²) in [5.41, 5.74) is 6.52. The number of carbonyl (C=O) groups is 1. The summed E-state index contributed by atoms with van der Waals surface area (Å²) in [7, 11) is 1.77. The highest BCUT2D eigenvalue weighted by Gasteiger charge is 2.14. The third-order valence-corrected chi connectivity index (χ3v) is 4.45. The molecule has 0 aliphatic heterocycles. The minimum atomic E-state index is 0. The van der Waals surface area contributed by atoms with E-state index in [1.54, 1.807) is 24.1 Å². The minimum Gasteiger partial charge on any atom is -0.341 e. The maximum Gasteiger partial charge on any atom is 0.232 e. The average Bonchev–Trinajstić information content (AvgIpc) is 2.39. The summed E-state index contributed by atoms with van der Waals surface area (Å²) in [5, 5.41) is 1.25. The maximum absolute atomic E-state index is 11.9. The Kier molecular flexibility index (Phi) is 9.68. The van der Waals surface area contributed by atoms with Crippen LogP contribution >= 0.6 is 47.4 Å². The van der Waals surface area contributed by atoms with Crippen LogP contribution < -0.4 is 5.73 Å². The number of hydrogen-bond donors (Lipinski definition) is 1. The van der Waals surface area contributed by atoms with Crippen LogP contribution in [0, 0.1) is 0 Å². The van der Waals surface area contributed by atoms with E-state index in [1.165, 1.54) is 11.8 Å². The first-order chi connectivity index (χ1) is 8.95. The molecule has 0 heterocycles. The highest BCUT2D eigenvalue weighted by atomic mass is 35.5. The van der Waals surface area contributed by atoms with Crippen molar-refractivity contribution in [3.63, 3.8) is 0 Å². The second-order valence-electron chi connectivity index (χ2n) is 4.32. The number of carbonyl (C=O) groups excluding carboxylic acids is 1. The molecular formula is C13H19Cl3N2OS. The Bertz CT molecular complexity index is 446. The quantitative estimate of drug-likeness (QED) is 0.848. The summed E-state index contributed by atoms with van der Waals surface area (Å²) < 4.78 is 0. The molecule has 1 amide bonds. The zero-order valence-corrected chi connectivity index (χ0v) is 14.6. The Morgan fingerprint density at radius 3 is 2.65 bits per heavy atom. The van der Waals surface area contributed by atoms with Crippen molar-refractivity contribution in [3.8, 4) is 0 Å². The molecule has 0 radical (unpaired) electrons. The summed E-state index contributed by atoms with van der Waals surface area (Å²) in [4.78, 5) is 13.5. The van der Waals surface area contributed by atoms with Gasteiger partial charge in [0.25, 0.3) is 0 Å². The number of benzene rings is 1. The third-order valence-electron chi connectivity index (χ3n) is 2.89. The number of nitrogens with two attached hydrogens (primary N) is 1. The van der Waals surface area contributed by atoms with E-state index in [-0.39, 0.29) is 24.4 Å². The summed E-state index contributed by atoms with van der Waals surface area (Å²) in [6.07, 6.45) is 0. The van der Waals surface area contributed by atoms with Crippen LogP contribution in [0.3, 0.4) is 0 Å². The molecule has 3 nitrogen and oxygen atoms in total. The van der Waals surface area contributed by atoms with Gasteiger partial charge in [0.1, 0.15) is 0 Å². The zero-order valence-electron chi connectivity index (χ0n) is 11.4. The van der Waals surface area contributed by atoms with Crippen LogP contribution in [-0.2, 0) is 10.5 Å². The van der Waals surface area contributed by atoms with Crippen LogP contribution in [0.15, 0.2) is 18.2 Å². The molecule has 0 saturated carbocycles. The van der Waals surface area contributed by atoms with Crippen LogP contribution in [0.1, 0.15) is 12.5 Å². The first kappa shape index (κ1) is 19.9. The van der Waals surface area contributed by atoms with Crippen molar-refractivity contribution in [2.45, 2.75) is 18.7 Å². The molecule has 1 rings (SSSR count). The molecule has 20 heavy (non-hydrogen) atoms. The van der Waals surface area contributed by atoms with Gasteiger partial charge in [-0.15, -0.1) is 24.2 Å². The van der Waals surface area contributed by atoms with Crippen LogP contribution in [-0.4, -0.2) is 36.2 Å². The van der Waals surface area contributed by atoms with E-state index in [2.05, 4.69) is 0 Å². The van der Waals surface area contributed by atoms with Gasteiger partial charge in [0.15, 0.2) is 0 Å². The molecule has 1 unspecified atom stereocenters. The number of thioether (sulfide) groups is 1. The number of rotatable bonds is 6. The zero-order chi connectivity index (χ0) is 14.4. The lowest BCUT2D eigenvalue weighted by atomic mass is 10.2. The number of halogens is 3. The number of amides is 1. The standard InChI is InChI=1S/C13H18Cl2N2OS.ClH/c1-9(6-16)17(2)13(18)8-19-7-10-3-4-11(14)5-12(10)15;/h3-5,9H,6-8,16H2,1-2H3;1H. The Hall–Kier alpha value is -0.130. The van der Waals surface area contributed by atoms with E-state index in [0.29, 0.717) is 28.1 Å². The minimum absolute atomic E-state index is 0. The molecule has 0 fully saturated rings. The first-order valence-electron chi connectivity index (χ1n) is 5.93. The van der Waals surface area contributed by atoms with Gasteiger partial charge >= 0.3 is 0 Å². The molecule has 0 bridgehead atoms. The van der Waals surface area contributed by atoms with Gasteiger partial charge in [0, 0.05) is 35.4 Å². The van der Waals surface area contributed by atoms with Crippen molar-refractivity contribution in [2.75, 3.05) is 19.3 Å². The lowest BCUT2D eigenvalue weighted by Crippen LogP contribution is -2.40. The van der Waals surface area contributed by atoms with Crippen LogP contribution in [0.25, 0.3) is 0 Å². The fourth-order valence-electron chi connectivity index (χ4n) is 1.39. The predicted molar refractivity (Wildman–Crippen MR) is 91.2 cm³/mol. The van der Waals surface area contributed by atoms with Gasteiger partial charge in [-0.05, 0) is 24.6 Å². The van der Waals surface area contributed by atoms with Gasteiger partial charge in [-0.2, -0.15) is 0 Å². The van der Waals surface area contributed by atoms with E-state index >= 15 is 0 Å². The van der Waals surface area contributed by atoms with Crippen molar-refractivity contribution in [1.29, 1.82) is 0 Å². The second kappa shape index (κ2) is 9.74. The lowest BCUT2D eigenvalue weighted by molar-refractivity contribution is -0.128. The van der Waals surface area contributed by atoms with Gasteiger partial charge < -0.3 is 10.6 Å². The predicted octanol–water partition coefficient (Wildman–Crippen LogP) is 3.45. The molecule has 0 saturated heterocycles. The van der Waals surface area contributed by atoms with Crippen LogP contribution in [0.4, 0.5) is 0 Å². The van der Waals surface area contributed by atoms with E-state index < -0.39 is 0 Å². The molecule has 0 aromatic heterocycles. The summed E-state index contributed by atoms with van der Waals surface area (Å²) >= 11 is 13.4. The first-order valence-corrected chi connectivity index (χ1v) is 7.84. The van der Waals surface area contributed by atoms with Crippen molar-refractivity contribution in [2.24, 2.45) is 5.73 Å². The third kappa shape index (κ3) is 6.10. The van der Waals surface area contributed by atoms with Gasteiger partial charge in [0.2, 0.25) is 5.91 Å². The van der Waals surface area contributed by atoms with E-state index in [9.17, 15) is 4.79 Å². The van der Waals surface area contributed by atoms with Crippen molar-refractivity contribution in [1.82, 2.24) is 4.90 Å². The van der Waals surface area contributed by atoms with Gasteiger partial charge in [-0.25, -0.2) is 0 Å². The molecular weight excluding hydrogens is 339 g/mol. The summed E-state index contributed by atoms with van der Waals surface area (Å²) in [5.74, 6) is 1.18. The van der Waals surface area contributed by atoms with Crippen LogP contribution in [0.5, 0.6) is 0 Å². The summed E-state index contributed by atoms with van der Waals surface area (Å²) in [6, 6.07) is 5.46. The molecule has 0 aliphatic carbocycles. The molecule has 1 atom stereocenters. The number of nitrogens with zero attached hydrogens (tertiary/aromatic N) is 1. The summed E-state index contributed by atoms with van der Waals surface area (Å²) in [6.45, 7) is 2.40. The smallest absolute Gasteiger partial charge is 0.232 e. The fourth-order valence-corrected chi connectivity index (χ4v) is 2.90. The Morgan fingerprint density at radius 2 is 2.10 bits per heavy atom.